The molecule has 2 atom stereocenters. The molecule has 0 saturated heterocycles. The van der Waals surface area contributed by atoms with Crippen LogP contribution in [-0.4, -0.2) is 70.0 Å². The molecule has 9 nitrogen and oxygen atoms in total. The Bertz CT molecular complexity index is 2070. The Balaban J connectivity index is 3.99. The van der Waals surface area contributed by atoms with Gasteiger partial charge in [-0.2, -0.15) is 0 Å². The number of unbranched alkanes of at least 4 members (excludes halogenated alkanes) is 30. The van der Waals surface area contributed by atoms with E-state index in [9.17, 15) is 19.0 Å². The van der Waals surface area contributed by atoms with Crippen molar-refractivity contribution in [1.29, 1.82) is 0 Å². The van der Waals surface area contributed by atoms with E-state index in [4.69, 9.17) is 18.5 Å². The molecule has 0 rings (SSSR count). The van der Waals surface area contributed by atoms with Crippen LogP contribution in [0, 0.1) is 0 Å². The van der Waals surface area contributed by atoms with E-state index in [1.807, 2.05) is 21.1 Å². The number of hydrogen-bond donors (Lipinski definition) is 0. The molecule has 0 aliphatic heterocycles. The van der Waals surface area contributed by atoms with E-state index in [2.05, 4.69) is 160 Å². The lowest BCUT2D eigenvalue weighted by molar-refractivity contribution is -0.870. The molecule has 0 aliphatic carbocycles. The zero-order valence-corrected chi connectivity index (χ0v) is 60.8. The molecule has 0 bridgehead atoms. The number of nitrogens with zero attached hydrogens (tertiary/aromatic N) is 1. The molecule has 526 valence electrons. The standard InChI is InChI=1S/C82H140NO8P/c1-6-8-10-12-14-16-18-20-22-24-26-28-30-32-34-35-36-37-38-39-40-41-42-43-44-45-46-47-49-50-52-54-56-58-60-62-64-66-68-70-72-74-81(84)88-78-80(79-90-92(86,87)89-77-76-83(3,4)5)91-82(85)75-73-71-69-67-65-63-61-59-57-55-53-51-48-33-31-29-27-25-23-21-19-17-15-13-11-9-7-2/h8-11,14-17,20-23,26-29,32-34,48,53,55,59,61,80H,6-7,12-13,18-19,24-25,30-31,35-47,49-52,54,56-58,60,62-79H2,1-5H3/b10-8-,11-9-,16-14-,17-15-,22-20-,23-21-,28-26-,29-27-,34-32-,48-33-,55-53-,61-59-. The number of carbonyl (C=O) groups is 2. The molecule has 0 radical (unpaired) electrons. The molecule has 0 aliphatic rings. The number of phosphoric acid groups is 1. The second-order valence-electron chi connectivity index (χ2n) is 25.9. The number of rotatable bonds is 68. The molecule has 0 heterocycles. The van der Waals surface area contributed by atoms with Gasteiger partial charge in [0, 0.05) is 12.8 Å². The Kier molecular flexibility index (Phi) is 68.0. The van der Waals surface area contributed by atoms with Crippen LogP contribution in [0.4, 0.5) is 0 Å². The van der Waals surface area contributed by atoms with Crippen LogP contribution in [0.1, 0.15) is 309 Å². The maximum atomic E-state index is 12.9. The molecule has 0 aromatic rings. The first kappa shape index (κ1) is 87.9. The first-order chi connectivity index (χ1) is 45.0. The predicted octanol–water partition coefficient (Wildman–Crippen LogP) is 24.3. The molecule has 10 heteroatoms. The molecule has 92 heavy (non-hydrogen) atoms. The fourth-order valence-corrected chi connectivity index (χ4v) is 10.9. The molecule has 0 amide bonds. The summed E-state index contributed by atoms with van der Waals surface area (Å²) in [4.78, 5) is 38.1. The summed E-state index contributed by atoms with van der Waals surface area (Å²) < 4.78 is 34.3. The van der Waals surface area contributed by atoms with Gasteiger partial charge in [0.2, 0.25) is 0 Å². The Morgan fingerprint density at radius 2 is 0.587 bits per heavy atom. The molecular formula is C82H140NO8P. The van der Waals surface area contributed by atoms with Crippen LogP contribution in [0.5, 0.6) is 0 Å². The molecule has 0 fully saturated rings. The fourth-order valence-electron chi connectivity index (χ4n) is 10.2. The van der Waals surface area contributed by atoms with Crippen LogP contribution in [0.25, 0.3) is 0 Å². The van der Waals surface area contributed by atoms with E-state index in [0.717, 1.165) is 128 Å². The molecule has 0 N–H and O–H groups in total. The first-order valence-corrected chi connectivity index (χ1v) is 39.0. The van der Waals surface area contributed by atoms with Gasteiger partial charge in [-0.25, -0.2) is 0 Å². The largest absolute Gasteiger partial charge is 0.756 e. The highest BCUT2D eigenvalue weighted by atomic mass is 31.2. The van der Waals surface area contributed by atoms with Crippen molar-refractivity contribution in [2.24, 2.45) is 0 Å². The van der Waals surface area contributed by atoms with Crippen LogP contribution < -0.4 is 4.89 Å². The van der Waals surface area contributed by atoms with Gasteiger partial charge in [0.1, 0.15) is 19.8 Å². The summed E-state index contributed by atoms with van der Waals surface area (Å²) in [6.07, 6.45) is 105. The lowest BCUT2D eigenvalue weighted by Gasteiger charge is -2.28. The molecule has 0 saturated carbocycles. The topological polar surface area (TPSA) is 111 Å². The molecule has 2 unspecified atom stereocenters. The van der Waals surface area contributed by atoms with Crippen molar-refractivity contribution in [3.05, 3.63) is 146 Å². The summed E-state index contributed by atoms with van der Waals surface area (Å²) in [5, 5.41) is 0. The second-order valence-corrected chi connectivity index (χ2v) is 27.3. The van der Waals surface area contributed by atoms with Crippen molar-refractivity contribution in [3.8, 4) is 0 Å². The zero-order valence-electron chi connectivity index (χ0n) is 59.9. The second kappa shape index (κ2) is 71.2. The predicted molar refractivity (Wildman–Crippen MR) is 397 cm³/mol. The Morgan fingerprint density at radius 3 is 0.870 bits per heavy atom. The van der Waals surface area contributed by atoms with Gasteiger partial charge in [0.15, 0.2) is 6.10 Å². The highest BCUT2D eigenvalue weighted by Gasteiger charge is 2.22. The minimum absolute atomic E-state index is 0.0403. The van der Waals surface area contributed by atoms with Crippen LogP contribution >= 0.6 is 7.82 Å². The van der Waals surface area contributed by atoms with Gasteiger partial charge in [-0.3, -0.25) is 14.2 Å². The van der Waals surface area contributed by atoms with Crippen molar-refractivity contribution in [3.63, 3.8) is 0 Å². The van der Waals surface area contributed by atoms with Gasteiger partial charge in [-0.05, 0) is 116 Å². The van der Waals surface area contributed by atoms with E-state index in [0.29, 0.717) is 17.4 Å². The number of allylic oxidation sites excluding steroid dienone is 24. The van der Waals surface area contributed by atoms with Gasteiger partial charge in [0.05, 0.1) is 27.7 Å². The first-order valence-electron chi connectivity index (χ1n) is 37.5. The van der Waals surface area contributed by atoms with E-state index >= 15 is 0 Å². The molecule has 0 aromatic carbocycles. The number of phosphoric ester groups is 1. The lowest BCUT2D eigenvalue weighted by atomic mass is 10.0. The van der Waals surface area contributed by atoms with E-state index < -0.39 is 26.5 Å². The summed E-state index contributed by atoms with van der Waals surface area (Å²) >= 11 is 0. The smallest absolute Gasteiger partial charge is 0.306 e. The van der Waals surface area contributed by atoms with Crippen LogP contribution in [0.2, 0.25) is 0 Å². The highest BCUT2D eigenvalue weighted by molar-refractivity contribution is 7.45. The maximum Gasteiger partial charge on any atom is 0.306 e. The van der Waals surface area contributed by atoms with E-state index in [1.165, 1.54) is 148 Å². The van der Waals surface area contributed by atoms with Gasteiger partial charge in [0.25, 0.3) is 7.82 Å². The van der Waals surface area contributed by atoms with Gasteiger partial charge in [-0.15, -0.1) is 0 Å². The summed E-state index contributed by atoms with van der Waals surface area (Å²) in [6, 6.07) is 0. The summed E-state index contributed by atoms with van der Waals surface area (Å²) in [6.45, 7) is 4.00. The number of hydrogen-bond acceptors (Lipinski definition) is 8. The van der Waals surface area contributed by atoms with Crippen LogP contribution in [0.15, 0.2) is 146 Å². The number of quaternary nitrogens is 1. The SMILES string of the molecule is CC/C=C\C/C=C\C/C=C\C/C=C\C/C=C\C/C=C\C/C=C\CCCCCCCC(=O)OC(COC(=O)CCCCCCCCCCCCCCCCCCCCCCCCCCC/C=C\C/C=C\C/C=C\C/C=C\C/C=C\CC)COP(=O)([O-])OCC[N+](C)(C)C. The van der Waals surface area contributed by atoms with Crippen LogP contribution in [0.3, 0.4) is 0 Å². The monoisotopic (exact) mass is 1300 g/mol. The van der Waals surface area contributed by atoms with Gasteiger partial charge >= 0.3 is 11.9 Å². The Labute approximate surface area is 567 Å². The third-order valence-electron chi connectivity index (χ3n) is 15.9. The van der Waals surface area contributed by atoms with Crippen molar-refractivity contribution in [2.45, 2.75) is 315 Å². The highest BCUT2D eigenvalue weighted by Crippen LogP contribution is 2.38. The fraction of sp³-hybridized carbons (Fsp3) is 0.683. The van der Waals surface area contributed by atoms with E-state index in [-0.39, 0.29) is 32.0 Å². The van der Waals surface area contributed by atoms with Gasteiger partial charge in [-0.1, -0.05) is 327 Å². The molecule has 0 spiro atoms. The number of carbonyl (C=O) groups excluding carboxylic acids is 2. The van der Waals surface area contributed by atoms with Crippen molar-refractivity contribution >= 4 is 19.8 Å². The van der Waals surface area contributed by atoms with Crippen molar-refractivity contribution in [2.75, 3.05) is 47.5 Å². The summed E-state index contributed by atoms with van der Waals surface area (Å²) in [5.74, 6) is -0.853. The molecular weight excluding hydrogens is 1160 g/mol. The molecule has 0 aromatic heterocycles. The minimum Gasteiger partial charge on any atom is -0.756 e. The normalized spacial score (nSPS) is 13.9. The quantitative estimate of drug-likeness (QED) is 0.0195. The number of ether oxygens (including phenoxy) is 2. The van der Waals surface area contributed by atoms with Crippen molar-refractivity contribution in [1.82, 2.24) is 0 Å². The zero-order chi connectivity index (χ0) is 66.9. The average Bonchev–Trinajstić information content (AvgIpc) is 2.14. The van der Waals surface area contributed by atoms with E-state index in [1.54, 1.807) is 0 Å². The van der Waals surface area contributed by atoms with Crippen molar-refractivity contribution < 1.29 is 42.1 Å². The summed E-state index contributed by atoms with van der Waals surface area (Å²) in [5.41, 5.74) is 0. The lowest BCUT2D eigenvalue weighted by Crippen LogP contribution is -2.37. The minimum atomic E-state index is -4.66. The number of esters is 2. The third-order valence-corrected chi connectivity index (χ3v) is 16.8. The Morgan fingerprint density at radius 1 is 0.337 bits per heavy atom. The van der Waals surface area contributed by atoms with Crippen LogP contribution in [-0.2, 0) is 32.7 Å². The van der Waals surface area contributed by atoms with Gasteiger partial charge < -0.3 is 27.9 Å². The average molecular weight is 1300 g/mol. The Hall–Kier alpha value is -4.11. The maximum absolute atomic E-state index is 12.9. The summed E-state index contributed by atoms with van der Waals surface area (Å²) in [7, 11) is 1.14. The number of likely N-dealkylation sites (N-methyl/N-ethyl adjacent to an activating group) is 1. The third kappa shape index (κ3) is 74.9.